The third kappa shape index (κ3) is 3.01. The van der Waals surface area contributed by atoms with Gasteiger partial charge in [0.15, 0.2) is 5.78 Å². The van der Waals surface area contributed by atoms with Crippen LogP contribution in [-0.4, -0.2) is 41.9 Å². The van der Waals surface area contributed by atoms with Crippen LogP contribution in [0.1, 0.15) is 29.6 Å². The van der Waals surface area contributed by atoms with Gasteiger partial charge in [0.1, 0.15) is 0 Å². The molecule has 0 bridgehead atoms. The Morgan fingerprint density at radius 1 is 1.32 bits per heavy atom. The molecule has 1 fully saturated rings. The Hall–Kier alpha value is -1.68. The zero-order valence-electron chi connectivity index (χ0n) is 11.1. The minimum atomic E-state index is -0.903. The van der Waals surface area contributed by atoms with Gasteiger partial charge < -0.3 is 10.0 Å². The number of likely N-dealkylation sites (tertiary alicyclic amines) is 1. The molecular weight excluding hydrogens is 242 g/mol. The number of carboxylic acid groups (broad SMARTS) is 1. The molecule has 4 nitrogen and oxygen atoms in total. The molecule has 0 amide bonds. The van der Waals surface area contributed by atoms with Crippen LogP contribution in [0, 0.1) is 5.41 Å². The largest absolute Gasteiger partial charge is 0.481 e. The van der Waals surface area contributed by atoms with Gasteiger partial charge in [-0.25, -0.2) is 0 Å². The van der Waals surface area contributed by atoms with E-state index in [1.165, 1.54) is 0 Å². The molecule has 4 heteroatoms. The first-order chi connectivity index (χ1) is 9.03. The molecule has 0 aliphatic carbocycles. The number of hydrogen-bond acceptors (Lipinski definition) is 3. The highest BCUT2D eigenvalue weighted by Gasteiger charge is 2.43. The molecule has 0 radical (unpaired) electrons. The molecule has 1 atom stereocenters. The predicted molar refractivity (Wildman–Crippen MR) is 72.2 cm³/mol. The number of carboxylic acids is 1. The lowest BCUT2D eigenvalue weighted by molar-refractivity contribution is -0.139. The van der Waals surface area contributed by atoms with Crippen molar-refractivity contribution in [3.8, 4) is 0 Å². The number of Topliss-reactive ketones (excluding diaryl/α,β-unsaturated/α-hetero) is 1. The molecule has 1 N–H and O–H groups in total. The standard InChI is InChI=1S/C15H19NO3/c1-16-9-5-8-15(11-16,10-13(17)18)14(19)12-6-3-2-4-7-12/h2-4,6-7H,5,8-11H2,1H3,(H,17,18). The van der Waals surface area contributed by atoms with Crippen molar-refractivity contribution < 1.29 is 14.7 Å². The first kappa shape index (κ1) is 13.7. The van der Waals surface area contributed by atoms with Gasteiger partial charge in [0, 0.05) is 12.1 Å². The topological polar surface area (TPSA) is 57.6 Å². The molecule has 1 aliphatic rings. The van der Waals surface area contributed by atoms with Crippen LogP contribution < -0.4 is 0 Å². The van der Waals surface area contributed by atoms with Crippen LogP contribution in [0.15, 0.2) is 30.3 Å². The SMILES string of the molecule is CN1CCCC(CC(=O)O)(C(=O)c2ccccc2)C1. The molecule has 1 unspecified atom stereocenters. The summed E-state index contributed by atoms with van der Waals surface area (Å²) in [6, 6.07) is 9.01. The summed E-state index contributed by atoms with van der Waals surface area (Å²) in [7, 11) is 1.94. The maximum absolute atomic E-state index is 12.7. The highest BCUT2D eigenvalue weighted by molar-refractivity contribution is 6.02. The minimum absolute atomic E-state index is 0.0398. The maximum atomic E-state index is 12.7. The van der Waals surface area contributed by atoms with Crippen molar-refractivity contribution in [1.29, 1.82) is 0 Å². The van der Waals surface area contributed by atoms with Gasteiger partial charge in [-0.15, -0.1) is 0 Å². The van der Waals surface area contributed by atoms with E-state index in [2.05, 4.69) is 0 Å². The zero-order valence-corrected chi connectivity index (χ0v) is 11.1. The van der Waals surface area contributed by atoms with Gasteiger partial charge in [-0.05, 0) is 26.4 Å². The Balaban J connectivity index is 2.32. The molecule has 1 aromatic rings. The van der Waals surface area contributed by atoms with Crippen molar-refractivity contribution >= 4 is 11.8 Å². The number of hydrogen-bond donors (Lipinski definition) is 1. The van der Waals surface area contributed by atoms with E-state index in [0.717, 1.165) is 13.0 Å². The van der Waals surface area contributed by atoms with Crippen LogP contribution in [0.25, 0.3) is 0 Å². The number of carbonyl (C=O) groups is 2. The summed E-state index contributed by atoms with van der Waals surface area (Å²) in [5, 5.41) is 9.14. The Bertz CT molecular complexity index is 472. The molecule has 102 valence electrons. The van der Waals surface area contributed by atoms with Crippen molar-refractivity contribution in [1.82, 2.24) is 4.90 Å². The van der Waals surface area contributed by atoms with Crippen molar-refractivity contribution in [2.24, 2.45) is 5.41 Å². The molecule has 19 heavy (non-hydrogen) atoms. The first-order valence-corrected chi connectivity index (χ1v) is 6.54. The van der Waals surface area contributed by atoms with Crippen LogP contribution >= 0.6 is 0 Å². The lowest BCUT2D eigenvalue weighted by Gasteiger charge is -2.39. The fraction of sp³-hybridized carbons (Fsp3) is 0.467. The van der Waals surface area contributed by atoms with Gasteiger partial charge in [0.25, 0.3) is 0 Å². The number of piperidine rings is 1. The Morgan fingerprint density at radius 3 is 2.58 bits per heavy atom. The predicted octanol–water partition coefficient (Wildman–Crippen LogP) is 2.06. The average molecular weight is 261 g/mol. The van der Waals surface area contributed by atoms with E-state index in [9.17, 15) is 9.59 Å². The van der Waals surface area contributed by atoms with E-state index in [-0.39, 0.29) is 12.2 Å². The fourth-order valence-electron chi connectivity index (χ4n) is 2.96. The summed E-state index contributed by atoms with van der Waals surface area (Å²) in [4.78, 5) is 25.9. The van der Waals surface area contributed by atoms with E-state index in [0.29, 0.717) is 18.5 Å². The number of aliphatic carboxylic acids is 1. The molecule has 2 rings (SSSR count). The smallest absolute Gasteiger partial charge is 0.304 e. The Kier molecular flexibility index (Phi) is 4.00. The fourth-order valence-corrected chi connectivity index (χ4v) is 2.96. The lowest BCUT2D eigenvalue weighted by Crippen LogP contribution is -2.47. The molecule has 0 spiro atoms. The summed E-state index contributed by atoms with van der Waals surface area (Å²) in [5.74, 6) is -0.943. The Morgan fingerprint density at radius 2 is 2.00 bits per heavy atom. The van der Waals surface area contributed by atoms with Gasteiger partial charge in [-0.1, -0.05) is 30.3 Å². The Labute approximate surface area is 113 Å². The van der Waals surface area contributed by atoms with E-state index < -0.39 is 11.4 Å². The van der Waals surface area contributed by atoms with Gasteiger partial charge in [0.05, 0.1) is 11.8 Å². The average Bonchev–Trinajstić information content (AvgIpc) is 2.38. The van der Waals surface area contributed by atoms with E-state index in [4.69, 9.17) is 5.11 Å². The third-order valence-electron chi connectivity index (χ3n) is 3.78. The number of nitrogens with zero attached hydrogens (tertiary/aromatic N) is 1. The van der Waals surface area contributed by atoms with Crippen molar-refractivity contribution in [3.05, 3.63) is 35.9 Å². The maximum Gasteiger partial charge on any atom is 0.304 e. The summed E-state index contributed by atoms with van der Waals surface area (Å²) in [6.45, 7) is 1.44. The quantitative estimate of drug-likeness (QED) is 0.843. The number of benzene rings is 1. The second-order valence-electron chi connectivity index (χ2n) is 5.39. The second-order valence-corrected chi connectivity index (χ2v) is 5.39. The minimum Gasteiger partial charge on any atom is -0.481 e. The van der Waals surface area contributed by atoms with Crippen LogP contribution in [0.4, 0.5) is 0 Å². The van der Waals surface area contributed by atoms with Crippen LogP contribution in [-0.2, 0) is 4.79 Å². The molecule has 0 saturated carbocycles. The van der Waals surface area contributed by atoms with Crippen molar-refractivity contribution in [2.45, 2.75) is 19.3 Å². The molecule has 0 aromatic heterocycles. The summed E-state index contributed by atoms with van der Waals surface area (Å²) >= 11 is 0. The zero-order chi connectivity index (χ0) is 13.9. The first-order valence-electron chi connectivity index (χ1n) is 6.54. The summed E-state index contributed by atoms with van der Waals surface area (Å²) in [5.41, 5.74) is -0.167. The lowest BCUT2D eigenvalue weighted by atomic mass is 9.72. The van der Waals surface area contributed by atoms with Crippen LogP contribution in [0.3, 0.4) is 0 Å². The highest BCUT2D eigenvalue weighted by Crippen LogP contribution is 2.36. The summed E-state index contributed by atoms with van der Waals surface area (Å²) in [6.07, 6.45) is 1.42. The number of ketones is 1. The number of rotatable bonds is 4. The van der Waals surface area contributed by atoms with Gasteiger partial charge in [-0.2, -0.15) is 0 Å². The van der Waals surface area contributed by atoms with Gasteiger partial charge in [-0.3, -0.25) is 9.59 Å². The molecule has 1 aliphatic heterocycles. The summed E-state index contributed by atoms with van der Waals surface area (Å²) < 4.78 is 0. The molecule has 1 aromatic carbocycles. The molecular formula is C15H19NO3. The highest BCUT2D eigenvalue weighted by atomic mass is 16.4. The van der Waals surface area contributed by atoms with Crippen molar-refractivity contribution in [2.75, 3.05) is 20.1 Å². The monoisotopic (exact) mass is 261 g/mol. The van der Waals surface area contributed by atoms with E-state index in [1.54, 1.807) is 12.1 Å². The molecule has 1 saturated heterocycles. The van der Waals surface area contributed by atoms with Gasteiger partial charge >= 0.3 is 5.97 Å². The van der Waals surface area contributed by atoms with E-state index >= 15 is 0 Å². The van der Waals surface area contributed by atoms with E-state index in [1.807, 2.05) is 30.1 Å². The van der Waals surface area contributed by atoms with Crippen LogP contribution in [0.2, 0.25) is 0 Å². The van der Waals surface area contributed by atoms with Crippen LogP contribution in [0.5, 0.6) is 0 Å². The second kappa shape index (κ2) is 5.53. The third-order valence-corrected chi connectivity index (χ3v) is 3.78. The molecule has 1 heterocycles. The number of carbonyl (C=O) groups excluding carboxylic acids is 1. The van der Waals surface area contributed by atoms with Crippen molar-refractivity contribution in [3.63, 3.8) is 0 Å². The normalized spacial score (nSPS) is 24.1. The van der Waals surface area contributed by atoms with Gasteiger partial charge in [0.2, 0.25) is 0 Å².